The molecule has 0 saturated heterocycles. The van der Waals surface area contributed by atoms with Crippen molar-refractivity contribution in [2.24, 2.45) is 11.7 Å². The average molecular weight is 246 g/mol. The summed E-state index contributed by atoms with van der Waals surface area (Å²) in [6.07, 6.45) is 4.90. The van der Waals surface area contributed by atoms with Gasteiger partial charge in [-0.3, -0.25) is 0 Å². The third kappa shape index (κ3) is 3.49. The Morgan fingerprint density at radius 3 is 2.78 bits per heavy atom. The second kappa shape index (κ2) is 6.24. The molecule has 1 aromatic carbocycles. The molecule has 0 saturated carbocycles. The molecule has 0 radical (unpaired) electrons. The minimum Gasteiger partial charge on any atom is -0.370 e. The number of aryl methyl sites for hydroxylation is 1. The van der Waals surface area contributed by atoms with Crippen molar-refractivity contribution in [3.63, 3.8) is 0 Å². The third-order valence-corrected chi connectivity index (χ3v) is 3.69. The van der Waals surface area contributed by atoms with E-state index >= 15 is 0 Å². The van der Waals surface area contributed by atoms with Crippen LogP contribution >= 0.6 is 0 Å². The minimum absolute atomic E-state index is 0.288. The Morgan fingerprint density at radius 1 is 1.22 bits per heavy atom. The molecule has 1 unspecified atom stereocenters. The maximum Gasteiger partial charge on any atom is 0.0399 e. The van der Waals surface area contributed by atoms with Crippen LogP contribution in [0.25, 0.3) is 0 Å². The molecule has 100 valence electrons. The van der Waals surface area contributed by atoms with Gasteiger partial charge in [0.05, 0.1) is 0 Å². The number of rotatable bonds is 4. The molecule has 2 nitrogen and oxygen atoms in total. The Bertz CT molecular complexity index is 373. The van der Waals surface area contributed by atoms with Gasteiger partial charge in [0, 0.05) is 24.8 Å². The third-order valence-electron chi connectivity index (χ3n) is 3.69. The number of hydrogen-bond acceptors (Lipinski definition) is 2. The van der Waals surface area contributed by atoms with Gasteiger partial charge in [-0.1, -0.05) is 32.0 Å². The Hall–Kier alpha value is -1.02. The summed E-state index contributed by atoms with van der Waals surface area (Å²) < 4.78 is 0. The van der Waals surface area contributed by atoms with E-state index < -0.39 is 0 Å². The predicted molar refractivity (Wildman–Crippen MR) is 79.0 cm³/mol. The molecule has 0 bridgehead atoms. The van der Waals surface area contributed by atoms with E-state index in [1.807, 2.05) is 0 Å². The monoisotopic (exact) mass is 246 g/mol. The summed E-state index contributed by atoms with van der Waals surface area (Å²) in [4.78, 5) is 2.50. The van der Waals surface area contributed by atoms with E-state index in [4.69, 9.17) is 5.73 Å². The average Bonchev–Trinajstić information content (AvgIpc) is 2.51. The van der Waals surface area contributed by atoms with Crippen molar-refractivity contribution in [1.82, 2.24) is 0 Å². The number of anilines is 1. The number of fused-ring (bicyclic) bond motifs is 1. The fourth-order valence-electron chi connectivity index (χ4n) is 2.92. The standard InChI is InChI=1S/C16H26N2/c1-13(2)11-15(17)12-18-10-6-5-8-14-7-3-4-9-16(14)18/h3-4,7,9,13,15H,5-6,8,10-12,17H2,1-2H3. The van der Waals surface area contributed by atoms with Crippen LogP contribution in [0.2, 0.25) is 0 Å². The number of benzene rings is 1. The zero-order valence-electron chi connectivity index (χ0n) is 11.7. The molecule has 1 heterocycles. The van der Waals surface area contributed by atoms with Crippen LogP contribution in [-0.2, 0) is 6.42 Å². The van der Waals surface area contributed by atoms with Gasteiger partial charge in [0.25, 0.3) is 0 Å². The SMILES string of the molecule is CC(C)CC(N)CN1CCCCc2ccccc21. The first-order valence-electron chi connectivity index (χ1n) is 7.25. The summed E-state index contributed by atoms with van der Waals surface area (Å²) in [5.74, 6) is 0.683. The summed E-state index contributed by atoms with van der Waals surface area (Å²) >= 11 is 0. The van der Waals surface area contributed by atoms with Crippen LogP contribution in [-0.4, -0.2) is 19.1 Å². The van der Waals surface area contributed by atoms with Gasteiger partial charge in [-0.05, 0) is 43.2 Å². The second-order valence-corrected chi connectivity index (χ2v) is 5.92. The van der Waals surface area contributed by atoms with Gasteiger partial charge in [0.1, 0.15) is 0 Å². The highest BCUT2D eigenvalue weighted by molar-refractivity contribution is 5.54. The zero-order chi connectivity index (χ0) is 13.0. The van der Waals surface area contributed by atoms with Crippen LogP contribution in [0.5, 0.6) is 0 Å². The molecular formula is C16H26N2. The van der Waals surface area contributed by atoms with E-state index in [1.54, 1.807) is 0 Å². The summed E-state index contributed by atoms with van der Waals surface area (Å²) in [6.45, 7) is 6.64. The molecule has 18 heavy (non-hydrogen) atoms. The normalized spacial score (nSPS) is 17.4. The van der Waals surface area contributed by atoms with Gasteiger partial charge < -0.3 is 10.6 Å². The molecule has 1 aliphatic heterocycles. The Balaban J connectivity index is 2.08. The molecule has 0 spiro atoms. The maximum atomic E-state index is 6.27. The van der Waals surface area contributed by atoms with Gasteiger partial charge in [-0.15, -0.1) is 0 Å². The first-order chi connectivity index (χ1) is 8.66. The van der Waals surface area contributed by atoms with Crippen LogP contribution < -0.4 is 10.6 Å². The van der Waals surface area contributed by atoms with E-state index in [0.29, 0.717) is 5.92 Å². The predicted octanol–water partition coefficient (Wildman–Crippen LogP) is 3.20. The zero-order valence-corrected chi connectivity index (χ0v) is 11.7. The van der Waals surface area contributed by atoms with Crippen LogP contribution in [0, 0.1) is 5.92 Å². The van der Waals surface area contributed by atoms with Gasteiger partial charge in [0.15, 0.2) is 0 Å². The number of para-hydroxylation sites is 1. The number of hydrogen-bond donors (Lipinski definition) is 1. The smallest absolute Gasteiger partial charge is 0.0399 e. The van der Waals surface area contributed by atoms with E-state index in [9.17, 15) is 0 Å². The number of nitrogens with zero attached hydrogens (tertiary/aromatic N) is 1. The lowest BCUT2D eigenvalue weighted by atomic mass is 10.0. The van der Waals surface area contributed by atoms with E-state index in [0.717, 1.165) is 19.5 Å². The van der Waals surface area contributed by atoms with Crippen molar-refractivity contribution in [3.8, 4) is 0 Å². The molecular weight excluding hydrogens is 220 g/mol. The fourth-order valence-corrected chi connectivity index (χ4v) is 2.92. The van der Waals surface area contributed by atoms with Crippen molar-refractivity contribution in [3.05, 3.63) is 29.8 Å². The molecule has 0 aliphatic carbocycles. The van der Waals surface area contributed by atoms with Gasteiger partial charge in [-0.25, -0.2) is 0 Å². The van der Waals surface area contributed by atoms with E-state index in [2.05, 4.69) is 43.0 Å². The topological polar surface area (TPSA) is 29.3 Å². The molecule has 1 aromatic rings. The molecule has 1 aliphatic rings. The number of nitrogens with two attached hydrogens (primary N) is 1. The molecule has 0 amide bonds. The van der Waals surface area contributed by atoms with Gasteiger partial charge >= 0.3 is 0 Å². The van der Waals surface area contributed by atoms with Crippen molar-refractivity contribution < 1.29 is 0 Å². The van der Waals surface area contributed by atoms with Crippen molar-refractivity contribution >= 4 is 5.69 Å². The summed E-state index contributed by atoms with van der Waals surface area (Å²) in [6, 6.07) is 9.10. The van der Waals surface area contributed by atoms with E-state index in [1.165, 1.54) is 30.5 Å². The fraction of sp³-hybridized carbons (Fsp3) is 0.625. The van der Waals surface area contributed by atoms with Gasteiger partial charge in [-0.2, -0.15) is 0 Å². The molecule has 2 N–H and O–H groups in total. The lowest BCUT2D eigenvalue weighted by molar-refractivity contribution is 0.488. The highest BCUT2D eigenvalue weighted by Crippen LogP contribution is 2.26. The Labute approximate surface area is 111 Å². The van der Waals surface area contributed by atoms with Crippen molar-refractivity contribution in [1.29, 1.82) is 0 Å². The van der Waals surface area contributed by atoms with Crippen molar-refractivity contribution in [2.75, 3.05) is 18.0 Å². The first kappa shape index (κ1) is 13.4. The van der Waals surface area contributed by atoms with Crippen LogP contribution in [0.15, 0.2) is 24.3 Å². The summed E-state index contributed by atoms with van der Waals surface area (Å²) in [7, 11) is 0. The highest BCUT2D eigenvalue weighted by Gasteiger charge is 2.17. The van der Waals surface area contributed by atoms with Gasteiger partial charge in [0.2, 0.25) is 0 Å². The first-order valence-corrected chi connectivity index (χ1v) is 7.25. The highest BCUT2D eigenvalue weighted by atomic mass is 15.1. The quantitative estimate of drug-likeness (QED) is 0.884. The lowest BCUT2D eigenvalue weighted by Crippen LogP contribution is -2.38. The van der Waals surface area contributed by atoms with E-state index in [-0.39, 0.29) is 6.04 Å². The molecule has 0 fully saturated rings. The molecule has 1 atom stereocenters. The van der Waals surface area contributed by atoms with Crippen molar-refractivity contribution in [2.45, 2.75) is 45.6 Å². The van der Waals surface area contributed by atoms with Crippen LogP contribution in [0.4, 0.5) is 5.69 Å². The molecule has 2 heteroatoms. The summed E-state index contributed by atoms with van der Waals surface area (Å²) in [5, 5.41) is 0. The molecule has 2 rings (SSSR count). The van der Waals surface area contributed by atoms with Crippen LogP contribution in [0.3, 0.4) is 0 Å². The Morgan fingerprint density at radius 2 is 2.00 bits per heavy atom. The largest absolute Gasteiger partial charge is 0.370 e. The summed E-state index contributed by atoms with van der Waals surface area (Å²) in [5.41, 5.74) is 9.18. The minimum atomic E-state index is 0.288. The second-order valence-electron chi connectivity index (χ2n) is 5.92. The van der Waals surface area contributed by atoms with Crippen LogP contribution in [0.1, 0.15) is 38.7 Å². The Kier molecular flexibility index (Phi) is 4.65. The lowest BCUT2D eigenvalue weighted by Gasteiger charge is -2.28. The maximum absolute atomic E-state index is 6.27. The molecule has 0 aromatic heterocycles.